The average Bonchev–Trinajstić information content (AvgIpc) is 3.17. The van der Waals surface area contributed by atoms with Gasteiger partial charge in [0.1, 0.15) is 0 Å². The number of hydrogen-bond donors (Lipinski definition) is 1. The molecular formula is C14H14ClN5S. The number of H-pyrrole nitrogens is 1. The van der Waals surface area contributed by atoms with Crippen molar-refractivity contribution in [3.05, 3.63) is 34.9 Å². The molecule has 1 saturated heterocycles. The number of aromatic amines is 1. The number of piperazine rings is 1. The van der Waals surface area contributed by atoms with Crippen LogP contribution in [0.25, 0.3) is 10.9 Å². The summed E-state index contributed by atoms with van der Waals surface area (Å²) in [5.41, 5.74) is 2.14. The van der Waals surface area contributed by atoms with Crippen LogP contribution in [0.3, 0.4) is 0 Å². The van der Waals surface area contributed by atoms with Crippen LogP contribution < -0.4 is 9.80 Å². The number of thiazole rings is 1. The fourth-order valence-corrected chi connectivity index (χ4v) is 3.68. The molecule has 3 heterocycles. The second kappa shape index (κ2) is 5.20. The van der Waals surface area contributed by atoms with Crippen molar-refractivity contribution in [1.29, 1.82) is 0 Å². The predicted molar refractivity (Wildman–Crippen MR) is 87.6 cm³/mol. The molecule has 0 saturated carbocycles. The minimum Gasteiger partial charge on any atom is -0.367 e. The molecule has 1 aliphatic heterocycles. The minimum absolute atomic E-state index is 0.740. The zero-order chi connectivity index (χ0) is 14.2. The van der Waals surface area contributed by atoms with Gasteiger partial charge in [0, 0.05) is 53.9 Å². The van der Waals surface area contributed by atoms with E-state index in [0.29, 0.717) is 0 Å². The third-order valence-electron chi connectivity index (χ3n) is 3.81. The molecule has 0 unspecified atom stereocenters. The van der Waals surface area contributed by atoms with Crippen molar-refractivity contribution in [3.8, 4) is 0 Å². The van der Waals surface area contributed by atoms with Gasteiger partial charge in [-0.15, -0.1) is 11.3 Å². The average molecular weight is 320 g/mol. The van der Waals surface area contributed by atoms with Crippen molar-refractivity contribution < 1.29 is 0 Å². The molecule has 0 aliphatic carbocycles. The van der Waals surface area contributed by atoms with Crippen LogP contribution in [0, 0.1) is 0 Å². The highest BCUT2D eigenvalue weighted by Crippen LogP contribution is 2.31. The maximum atomic E-state index is 6.22. The number of anilines is 2. The summed E-state index contributed by atoms with van der Waals surface area (Å²) < 4.78 is 0. The standard InChI is InChI=1S/C14H14ClN5S/c15-10-7-12-11(9-17-18-12)13(8-10)19-2-4-20(5-3-19)14-16-1-6-21-14/h1,6-9H,2-5H2,(H,17,18). The van der Waals surface area contributed by atoms with E-state index in [9.17, 15) is 0 Å². The maximum Gasteiger partial charge on any atom is 0.185 e. The Morgan fingerprint density at radius 2 is 1.95 bits per heavy atom. The highest BCUT2D eigenvalue weighted by Gasteiger charge is 2.21. The topological polar surface area (TPSA) is 48.1 Å². The van der Waals surface area contributed by atoms with E-state index < -0.39 is 0 Å². The molecule has 3 aromatic rings. The molecule has 1 aromatic carbocycles. The lowest BCUT2D eigenvalue weighted by atomic mass is 10.2. The Kier molecular flexibility index (Phi) is 3.20. The van der Waals surface area contributed by atoms with Crippen LogP contribution in [0.2, 0.25) is 5.02 Å². The molecule has 108 valence electrons. The van der Waals surface area contributed by atoms with Crippen LogP contribution in [0.15, 0.2) is 29.9 Å². The first-order valence-electron chi connectivity index (χ1n) is 6.83. The van der Waals surface area contributed by atoms with Crippen molar-refractivity contribution in [1.82, 2.24) is 15.2 Å². The van der Waals surface area contributed by atoms with E-state index in [-0.39, 0.29) is 0 Å². The lowest BCUT2D eigenvalue weighted by Gasteiger charge is -2.36. The first-order valence-corrected chi connectivity index (χ1v) is 8.09. The van der Waals surface area contributed by atoms with Crippen molar-refractivity contribution in [2.45, 2.75) is 0 Å². The molecule has 0 bridgehead atoms. The molecule has 0 amide bonds. The number of nitrogens with one attached hydrogen (secondary N) is 1. The highest BCUT2D eigenvalue weighted by atomic mass is 35.5. The second-order valence-electron chi connectivity index (χ2n) is 5.04. The molecule has 21 heavy (non-hydrogen) atoms. The van der Waals surface area contributed by atoms with Gasteiger partial charge in [0.25, 0.3) is 0 Å². The van der Waals surface area contributed by atoms with Gasteiger partial charge in [-0.2, -0.15) is 5.10 Å². The molecule has 1 aliphatic rings. The zero-order valence-corrected chi connectivity index (χ0v) is 12.9. The van der Waals surface area contributed by atoms with Crippen LogP contribution in [0.4, 0.5) is 10.8 Å². The lowest BCUT2D eigenvalue weighted by Crippen LogP contribution is -2.46. The Balaban J connectivity index is 1.59. The van der Waals surface area contributed by atoms with E-state index in [2.05, 4.69) is 25.0 Å². The summed E-state index contributed by atoms with van der Waals surface area (Å²) in [7, 11) is 0. The molecule has 0 radical (unpaired) electrons. The Hall–Kier alpha value is -1.79. The normalized spacial score (nSPS) is 15.9. The molecule has 0 atom stereocenters. The predicted octanol–water partition coefficient (Wildman–Crippen LogP) is 3.00. The Morgan fingerprint density at radius 1 is 1.14 bits per heavy atom. The van der Waals surface area contributed by atoms with Gasteiger partial charge in [-0.05, 0) is 12.1 Å². The molecular weight excluding hydrogens is 306 g/mol. The van der Waals surface area contributed by atoms with Crippen molar-refractivity contribution in [2.75, 3.05) is 36.0 Å². The van der Waals surface area contributed by atoms with E-state index in [1.807, 2.05) is 29.9 Å². The van der Waals surface area contributed by atoms with Gasteiger partial charge in [-0.1, -0.05) is 11.6 Å². The fraction of sp³-hybridized carbons (Fsp3) is 0.286. The first-order chi connectivity index (χ1) is 10.3. The van der Waals surface area contributed by atoms with Gasteiger partial charge in [0.15, 0.2) is 5.13 Å². The third kappa shape index (κ3) is 2.34. The second-order valence-corrected chi connectivity index (χ2v) is 6.35. The Bertz CT molecular complexity index is 746. The van der Waals surface area contributed by atoms with Crippen LogP contribution in [-0.2, 0) is 0 Å². The number of rotatable bonds is 2. The van der Waals surface area contributed by atoms with Gasteiger partial charge in [-0.25, -0.2) is 4.98 Å². The summed E-state index contributed by atoms with van der Waals surface area (Å²) >= 11 is 7.91. The van der Waals surface area contributed by atoms with Gasteiger partial charge in [0.05, 0.1) is 11.7 Å². The fourth-order valence-electron chi connectivity index (χ4n) is 2.77. The van der Waals surface area contributed by atoms with Crippen LogP contribution >= 0.6 is 22.9 Å². The van der Waals surface area contributed by atoms with E-state index in [1.165, 1.54) is 0 Å². The van der Waals surface area contributed by atoms with Gasteiger partial charge >= 0.3 is 0 Å². The third-order valence-corrected chi connectivity index (χ3v) is 4.86. The zero-order valence-electron chi connectivity index (χ0n) is 11.3. The summed E-state index contributed by atoms with van der Waals surface area (Å²) in [6.07, 6.45) is 3.73. The summed E-state index contributed by atoms with van der Waals surface area (Å²) in [6, 6.07) is 3.94. The Labute approximate surface area is 131 Å². The summed E-state index contributed by atoms with van der Waals surface area (Å²) in [4.78, 5) is 9.08. The molecule has 5 nitrogen and oxygen atoms in total. The van der Waals surface area contributed by atoms with Gasteiger partial charge < -0.3 is 9.80 Å². The van der Waals surface area contributed by atoms with Crippen molar-refractivity contribution in [2.24, 2.45) is 0 Å². The van der Waals surface area contributed by atoms with Crippen molar-refractivity contribution >= 4 is 44.7 Å². The summed E-state index contributed by atoms with van der Waals surface area (Å²) in [6.45, 7) is 3.86. The molecule has 7 heteroatoms. The van der Waals surface area contributed by atoms with E-state index >= 15 is 0 Å². The minimum atomic E-state index is 0.740. The quantitative estimate of drug-likeness (QED) is 0.789. The number of fused-ring (bicyclic) bond motifs is 1. The number of aromatic nitrogens is 3. The number of hydrogen-bond acceptors (Lipinski definition) is 5. The number of nitrogens with zero attached hydrogens (tertiary/aromatic N) is 4. The number of benzene rings is 1. The molecule has 1 fully saturated rings. The van der Waals surface area contributed by atoms with E-state index in [0.717, 1.165) is 52.9 Å². The largest absolute Gasteiger partial charge is 0.367 e. The molecule has 1 N–H and O–H groups in total. The first kappa shape index (κ1) is 12.9. The Morgan fingerprint density at radius 3 is 2.71 bits per heavy atom. The lowest BCUT2D eigenvalue weighted by molar-refractivity contribution is 0.653. The van der Waals surface area contributed by atoms with E-state index in [1.54, 1.807) is 11.3 Å². The molecule has 0 spiro atoms. The van der Waals surface area contributed by atoms with E-state index in [4.69, 9.17) is 11.6 Å². The summed E-state index contributed by atoms with van der Waals surface area (Å²) in [5, 5.41) is 12.1. The van der Waals surface area contributed by atoms with Crippen molar-refractivity contribution in [3.63, 3.8) is 0 Å². The molecule has 2 aromatic heterocycles. The maximum absolute atomic E-state index is 6.22. The smallest absolute Gasteiger partial charge is 0.185 e. The SMILES string of the molecule is Clc1cc(N2CCN(c3nccs3)CC2)c2cn[nH]c2c1. The van der Waals surface area contributed by atoms with Crippen LogP contribution in [0.1, 0.15) is 0 Å². The summed E-state index contributed by atoms with van der Waals surface area (Å²) in [5.74, 6) is 0. The van der Waals surface area contributed by atoms with Gasteiger partial charge in [-0.3, -0.25) is 5.10 Å². The van der Waals surface area contributed by atoms with Crippen LogP contribution in [-0.4, -0.2) is 41.4 Å². The monoisotopic (exact) mass is 319 g/mol. The molecule has 4 rings (SSSR count). The van der Waals surface area contributed by atoms with Gasteiger partial charge in [0.2, 0.25) is 0 Å². The highest BCUT2D eigenvalue weighted by molar-refractivity contribution is 7.13. The van der Waals surface area contributed by atoms with Crippen LogP contribution in [0.5, 0.6) is 0 Å². The number of halogens is 1.